The number of benzene rings is 1. The third-order valence-electron chi connectivity index (χ3n) is 2.82. The molecule has 1 amide bonds. The summed E-state index contributed by atoms with van der Waals surface area (Å²) in [6, 6.07) is 9.92. The first kappa shape index (κ1) is 16.7. The van der Waals surface area contributed by atoms with E-state index in [0.29, 0.717) is 19.2 Å². The third-order valence-corrected chi connectivity index (χ3v) is 2.82. The van der Waals surface area contributed by atoms with Gasteiger partial charge in [0.1, 0.15) is 0 Å². The van der Waals surface area contributed by atoms with Gasteiger partial charge in [-0.2, -0.15) is 0 Å². The number of carbonyl (C=O) groups excluding carboxylic acids is 1. The van der Waals surface area contributed by atoms with Gasteiger partial charge in [0.25, 0.3) is 0 Å². The van der Waals surface area contributed by atoms with Crippen molar-refractivity contribution < 1.29 is 9.53 Å². The van der Waals surface area contributed by atoms with Crippen molar-refractivity contribution in [2.24, 2.45) is 0 Å². The predicted octanol–water partition coefficient (Wildman–Crippen LogP) is 2.10. The van der Waals surface area contributed by atoms with Gasteiger partial charge in [-0.1, -0.05) is 30.3 Å². The number of amides is 1. The van der Waals surface area contributed by atoms with Crippen LogP contribution >= 0.6 is 0 Å². The smallest absolute Gasteiger partial charge is 0.234 e. The van der Waals surface area contributed by atoms with Gasteiger partial charge >= 0.3 is 0 Å². The van der Waals surface area contributed by atoms with Gasteiger partial charge in [0.2, 0.25) is 5.91 Å². The normalized spacial score (nSPS) is 10.8. The Labute approximate surface area is 121 Å². The highest BCUT2D eigenvalue weighted by molar-refractivity contribution is 5.77. The minimum absolute atomic E-state index is 0.0345. The molecule has 0 heterocycles. The molecule has 4 nitrogen and oxygen atoms in total. The molecule has 0 aliphatic heterocycles. The molecule has 0 aromatic heterocycles. The summed E-state index contributed by atoms with van der Waals surface area (Å²) in [6.45, 7) is 6.67. The van der Waals surface area contributed by atoms with Gasteiger partial charge in [0, 0.05) is 13.2 Å². The van der Waals surface area contributed by atoms with Crippen LogP contribution in [-0.4, -0.2) is 31.7 Å². The van der Waals surface area contributed by atoms with E-state index in [1.165, 1.54) is 0 Å². The van der Waals surface area contributed by atoms with Gasteiger partial charge in [-0.3, -0.25) is 4.79 Å². The third kappa shape index (κ3) is 8.67. The van der Waals surface area contributed by atoms with Crippen molar-refractivity contribution >= 4 is 5.91 Å². The molecule has 0 unspecified atom stereocenters. The lowest BCUT2D eigenvalue weighted by atomic mass is 10.2. The molecule has 0 atom stereocenters. The van der Waals surface area contributed by atoms with Crippen LogP contribution in [0.25, 0.3) is 0 Å². The molecule has 1 aromatic carbocycles. The molecule has 0 fully saturated rings. The summed E-state index contributed by atoms with van der Waals surface area (Å²) < 4.78 is 5.45. The molecule has 4 heteroatoms. The average molecular weight is 278 g/mol. The van der Waals surface area contributed by atoms with E-state index in [1.54, 1.807) is 0 Å². The molecule has 0 saturated carbocycles. The second kappa shape index (κ2) is 10.4. The zero-order valence-corrected chi connectivity index (χ0v) is 12.5. The van der Waals surface area contributed by atoms with Crippen LogP contribution < -0.4 is 10.6 Å². The maximum atomic E-state index is 11.6. The molecule has 0 saturated heterocycles. The van der Waals surface area contributed by atoms with Crippen molar-refractivity contribution in [3.05, 3.63) is 35.9 Å². The van der Waals surface area contributed by atoms with Crippen LogP contribution in [0.5, 0.6) is 0 Å². The van der Waals surface area contributed by atoms with Gasteiger partial charge in [0.15, 0.2) is 0 Å². The van der Waals surface area contributed by atoms with E-state index in [1.807, 2.05) is 44.2 Å². The summed E-state index contributed by atoms with van der Waals surface area (Å²) in [7, 11) is 0. The summed E-state index contributed by atoms with van der Waals surface area (Å²) in [6.07, 6.45) is 2.35. The quantitative estimate of drug-likeness (QED) is 0.644. The second-order valence-corrected chi connectivity index (χ2v) is 5.07. The Morgan fingerprint density at radius 1 is 1.20 bits per heavy atom. The largest absolute Gasteiger partial charge is 0.379 e. The van der Waals surface area contributed by atoms with Crippen LogP contribution in [0.15, 0.2) is 30.3 Å². The molecule has 0 bridgehead atoms. The molecule has 1 aromatic rings. The molecule has 112 valence electrons. The zero-order chi connectivity index (χ0) is 14.6. The van der Waals surface area contributed by atoms with Gasteiger partial charge in [-0.05, 0) is 38.8 Å². The van der Waals surface area contributed by atoms with Crippen molar-refractivity contribution in [3.63, 3.8) is 0 Å². The van der Waals surface area contributed by atoms with Crippen LogP contribution in [-0.2, 0) is 16.1 Å². The van der Waals surface area contributed by atoms with Gasteiger partial charge in [-0.15, -0.1) is 0 Å². The molecule has 0 radical (unpaired) electrons. The lowest BCUT2D eigenvalue weighted by Gasteiger charge is -2.08. The number of carbonyl (C=O) groups is 1. The molecule has 1 rings (SSSR count). The molecular weight excluding hydrogens is 252 g/mol. The van der Waals surface area contributed by atoms with Crippen LogP contribution in [0.1, 0.15) is 32.3 Å². The lowest BCUT2D eigenvalue weighted by Crippen LogP contribution is -2.33. The van der Waals surface area contributed by atoms with E-state index in [-0.39, 0.29) is 5.91 Å². The number of hydrogen-bond donors (Lipinski definition) is 2. The number of nitrogens with one attached hydrogen (secondary N) is 2. The topological polar surface area (TPSA) is 50.4 Å². The summed E-state index contributed by atoms with van der Waals surface area (Å²) >= 11 is 0. The maximum Gasteiger partial charge on any atom is 0.234 e. The van der Waals surface area contributed by atoms with Crippen molar-refractivity contribution in [3.8, 4) is 0 Å². The van der Waals surface area contributed by atoms with E-state index >= 15 is 0 Å². The summed E-state index contributed by atoms with van der Waals surface area (Å²) in [5.74, 6) is 0.0345. The summed E-state index contributed by atoms with van der Waals surface area (Å²) in [4.78, 5) is 11.6. The van der Waals surface area contributed by atoms with Gasteiger partial charge in [0.05, 0.1) is 12.6 Å². The van der Waals surface area contributed by atoms with E-state index in [4.69, 9.17) is 4.74 Å². The number of unbranched alkanes of at least 4 members (excludes halogenated alkanes) is 1. The Morgan fingerprint density at radius 2 is 1.95 bits per heavy atom. The first-order valence-electron chi connectivity index (χ1n) is 7.31. The Bertz CT molecular complexity index is 366. The minimum Gasteiger partial charge on any atom is -0.379 e. The van der Waals surface area contributed by atoms with Crippen LogP contribution in [0.2, 0.25) is 0 Å². The van der Waals surface area contributed by atoms with E-state index < -0.39 is 0 Å². The monoisotopic (exact) mass is 278 g/mol. The van der Waals surface area contributed by atoms with E-state index in [0.717, 1.165) is 31.6 Å². The fraction of sp³-hybridized carbons (Fsp3) is 0.562. The van der Waals surface area contributed by atoms with Gasteiger partial charge in [-0.25, -0.2) is 0 Å². The van der Waals surface area contributed by atoms with Crippen molar-refractivity contribution in [1.29, 1.82) is 0 Å². The zero-order valence-electron chi connectivity index (χ0n) is 12.5. The van der Waals surface area contributed by atoms with Crippen molar-refractivity contribution in [2.45, 2.75) is 39.3 Å². The van der Waals surface area contributed by atoms with Crippen molar-refractivity contribution in [1.82, 2.24) is 10.6 Å². The Morgan fingerprint density at radius 3 is 2.65 bits per heavy atom. The van der Waals surface area contributed by atoms with Crippen molar-refractivity contribution in [2.75, 3.05) is 19.7 Å². The highest BCUT2D eigenvalue weighted by Gasteiger charge is 2.00. The predicted molar refractivity (Wildman–Crippen MR) is 81.5 cm³/mol. The number of rotatable bonds is 10. The number of ether oxygens (including phenoxy) is 1. The standard InChI is InChI=1S/C16H26N2O2/c1-14(2)20-11-7-6-10-17-13-16(19)18-12-15-8-4-3-5-9-15/h3-5,8-9,14,17H,6-7,10-13H2,1-2H3,(H,18,19). The average Bonchev–Trinajstić information content (AvgIpc) is 2.45. The summed E-state index contributed by atoms with van der Waals surface area (Å²) in [5, 5.41) is 6.03. The van der Waals surface area contributed by atoms with Crippen LogP contribution in [0, 0.1) is 0 Å². The fourth-order valence-corrected chi connectivity index (χ4v) is 1.73. The minimum atomic E-state index is 0.0345. The van der Waals surface area contributed by atoms with E-state index in [2.05, 4.69) is 10.6 Å². The van der Waals surface area contributed by atoms with Gasteiger partial charge < -0.3 is 15.4 Å². The van der Waals surface area contributed by atoms with Crippen LogP contribution in [0.3, 0.4) is 0 Å². The fourth-order valence-electron chi connectivity index (χ4n) is 1.73. The molecule has 0 aliphatic rings. The molecule has 2 N–H and O–H groups in total. The Hall–Kier alpha value is -1.39. The first-order chi connectivity index (χ1) is 9.68. The molecule has 20 heavy (non-hydrogen) atoms. The second-order valence-electron chi connectivity index (χ2n) is 5.07. The van der Waals surface area contributed by atoms with Crippen LogP contribution in [0.4, 0.5) is 0 Å². The Kier molecular flexibility index (Phi) is 8.67. The lowest BCUT2D eigenvalue weighted by molar-refractivity contribution is -0.120. The molecular formula is C16H26N2O2. The molecule has 0 aliphatic carbocycles. The highest BCUT2D eigenvalue weighted by atomic mass is 16.5. The molecule has 0 spiro atoms. The first-order valence-corrected chi connectivity index (χ1v) is 7.31. The summed E-state index contributed by atoms with van der Waals surface area (Å²) in [5.41, 5.74) is 1.12. The highest BCUT2D eigenvalue weighted by Crippen LogP contribution is 1.96. The van der Waals surface area contributed by atoms with E-state index in [9.17, 15) is 4.79 Å². The SMILES string of the molecule is CC(C)OCCCCNCC(=O)NCc1ccccc1. The number of hydrogen-bond acceptors (Lipinski definition) is 3. The maximum absolute atomic E-state index is 11.6. The Balaban J connectivity index is 1.95.